The average molecular weight is 206 g/mol. The van der Waals surface area contributed by atoms with Crippen molar-refractivity contribution in [1.82, 2.24) is 10.1 Å². The van der Waals surface area contributed by atoms with Gasteiger partial charge in [-0.25, -0.2) is 8.78 Å². The first kappa shape index (κ1) is 10.7. The molecule has 0 aromatic carbocycles. The van der Waals surface area contributed by atoms with Crippen molar-refractivity contribution in [2.45, 2.75) is 19.5 Å². The molecule has 0 aliphatic carbocycles. The van der Waals surface area contributed by atoms with E-state index in [1.54, 1.807) is 0 Å². The fourth-order valence-electron chi connectivity index (χ4n) is 0.776. The molecule has 7 heteroatoms. The molecule has 0 bridgehead atoms. The van der Waals surface area contributed by atoms with E-state index in [2.05, 4.69) is 19.4 Å². The van der Waals surface area contributed by atoms with E-state index in [-0.39, 0.29) is 18.3 Å². The van der Waals surface area contributed by atoms with Gasteiger partial charge in [0.25, 0.3) is 6.43 Å². The van der Waals surface area contributed by atoms with Gasteiger partial charge in [0.1, 0.15) is 6.61 Å². The first-order valence-electron chi connectivity index (χ1n) is 3.74. The van der Waals surface area contributed by atoms with Crippen molar-refractivity contribution in [2.75, 3.05) is 7.11 Å². The third-order valence-electron chi connectivity index (χ3n) is 1.35. The maximum atomic E-state index is 11.8. The minimum absolute atomic E-state index is 0.117. The molecule has 78 valence electrons. The van der Waals surface area contributed by atoms with Crippen LogP contribution in [0, 0.1) is 0 Å². The first-order chi connectivity index (χ1) is 6.63. The average Bonchev–Trinajstić information content (AvgIpc) is 2.53. The number of hydrogen-bond donors (Lipinski definition) is 0. The fraction of sp³-hybridized carbons (Fsp3) is 0.571. The Morgan fingerprint density at radius 1 is 1.64 bits per heavy atom. The van der Waals surface area contributed by atoms with E-state index in [0.717, 1.165) is 0 Å². The van der Waals surface area contributed by atoms with Crippen molar-refractivity contribution in [3.05, 3.63) is 11.7 Å². The molecular weight excluding hydrogens is 198 g/mol. The molecule has 1 rings (SSSR count). The lowest BCUT2D eigenvalue weighted by Crippen LogP contribution is -2.13. The van der Waals surface area contributed by atoms with E-state index in [9.17, 15) is 13.6 Å². The second-order valence-corrected chi connectivity index (χ2v) is 2.48. The van der Waals surface area contributed by atoms with Gasteiger partial charge in [-0.1, -0.05) is 5.16 Å². The van der Waals surface area contributed by atoms with Crippen LogP contribution in [-0.2, 0) is 22.6 Å². The van der Waals surface area contributed by atoms with Crippen molar-refractivity contribution >= 4 is 5.78 Å². The topological polar surface area (TPSA) is 65.2 Å². The van der Waals surface area contributed by atoms with Crippen LogP contribution >= 0.6 is 0 Å². The summed E-state index contributed by atoms with van der Waals surface area (Å²) in [4.78, 5) is 14.2. The summed E-state index contributed by atoms with van der Waals surface area (Å²) in [6.07, 6.45) is -3.55. The lowest BCUT2D eigenvalue weighted by molar-refractivity contribution is -0.129. The molecule has 0 atom stereocenters. The van der Waals surface area contributed by atoms with Crippen molar-refractivity contribution in [3.8, 4) is 0 Å². The summed E-state index contributed by atoms with van der Waals surface area (Å²) >= 11 is 0. The Bertz CT molecular complexity index is 314. The summed E-state index contributed by atoms with van der Waals surface area (Å²) in [6, 6.07) is 0. The Labute approximate surface area is 78.0 Å². The number of methoxy groups -OCH3 is 1. The van der Waals surface area contributed by atoms with Gasteiger partial charge in [0.05, 0.1) is 6.42 Å². The molecule has 5 nitrogen and oxygen atoms in total. The Balaban J connectivity index is 2.55. The summed E-state index contributed by atoms with van der Waals surface area (Å²) in [7, 11) is 1.43. The quantitative estimate of drug-likeness (QED) is 0.705. The molecule has 0 saturated heterocycles. The molecule has 0 aliphatic heterocycles. The normalized spacial score (nSPS) is 10.9. The van der Waals surface area contributed by atoms with Crippen LogP contribution in [0.1, 0.15) is 11.7 Å². The molecule has 0 aliphatic rings. The molecule has 0 radical (unpaired) electrons. The summed E-state index contributed by atoms with van der Waals surface area (Å²) in [5.74, 6) is -1.13. The standard InChI is InChI=1S/C7H8F2N2O3/c1-13-3-5-10-6(14-11-5)2-4(12)7(8)9/h7H,2-3H2,1H3. The zero-order valence-electron chi connectivity index (χ0n) is 7.37. The minimum atomic E-state index is -3.01. The van der Waals surface area contributed by atoms with Crippen LogP contribution in [0.25, 0.3) is 0 Å². The van der Waals surface area contributed by atoms with Gasteiger partial charge >= 0.3 is 0 Å². The van der Waals surface area contributed by atoms with Crippen LogP contribution in [0.15, 0.2) is 4.52 Å². The van der Waals surface area contributed by atoms with Crippen molar-refractivity contribution in [1.29, 1.82) is 0 Å². The number of nitrogens with zero attached hydrogens (tertiary/aromatic N) is 2. The molecule has 0 unspecified atom stereocenters. The summed E-state index contributed by atoms with van der Waals surface area (Å²) in [5.41, 5.74) is 0. The molecule has 0 saturated carbocycles. The Kier molecular flexibility index (Phi) is 3.63. The number of carbonyl (C=O) groups is 1. The molecule has 1 aromatic heterocycles. The highest BCUT2D eigenvalue weighted by atomic mass is 19.3. The molecule has 1 heterocycles. The molecule has 14 heavy (non-hydrogen) atoms. The third kappa shape index (κ3) is 2.84. The van der Waals surface area contributed by atoms with Crippen molar-refractivity contribution in [2.24, 2.45) is 0 Å². The monoisotopic (exact) mass is 206 g/mol. The van der Waals surface area contributed by atoms with Gasteiger partial charge in [0, 0.05) is 7.11 Å². The van der Waals surface area contributed by atoms with Gasteiger partial charge in [0.2, 0.25) is 11.7 Å². The second-order valence-electron chi connectivity index (χ2n) is 2.48. The van der Waals surface area contributed by atoms with Crippen LogP contribution in [0.5, 0.6) is 0 Å². The summed E-state index contributed by atoms with van der Waals surface area (Å²) < 4.78 is 32.8. The highest BCUT2D eigenvalue weighted by Gasteiger charge is 2.19. The molecule has 1 aromatic rings. The van der Waals surface area contributed by atoms with E-state index in [1.165, 1.54) is 7.11 Å². The Hall–Kier alpha value is -1.37. The summed E-state index contributed by atoms with van der Waals surface area (Å²) in [5, 5.41) is 3.41. The number of ketones is 1. The van der Waals surface area contributed by atoms with Crippen LogP contribution in [0.3, 0.4) is 0 Å². The predicted octanol–water partition coefficient (Wildman–Crippen LogP) is 0.593. The maximum Gasteiger partial charge on any atom is 0.296 e. The molecule has 0 amide bonds. The number of Topliss-reactive ketones (excluding diaryl/α,β-unsaturated/α-hetero) is 1. The van der Waals surface area contributed by atoms with E-state index < -0.39 is 18.6 Å². The number of hydrogen-bond acceptors (Lipinski definition) is 5. The van der Waals surface area contributed by atoms with Gasteiger partial charge < -0.3 is 9.26 Å². The van der Waals surface area contributed by atoms with E-state index in [4.69, 9.17) is 0 Å². The van der Waals surface area contributed by atoms with Crippen molar-refractivity contribution < 1.29 is 22.8 Å². The first-order valence-corrected chi connectivity index (χ1v) is 3.74. The SMILES string of the molecule is COCc1noc(CC(=O)C(F)F)n1. The number of alkyl halides is 2. The lowest BCUT2D eigenvalue weighted by atomic mass is 10.3. The zero-order valence-corrected chi connectivity index (χ0v) is 7.37. The van der Waals surface area contributed by atoms with E-state index in [1.807, 2.05) is 0 Å². The summed E-state index contributed by atoms with van der Waals surface area (Å²) in [6.45, 7) is 0.117. The molecular formula is C7H8F2N2O3. The number of aromatic nitrogens is 2. The van der Waals surface area contributed by atoms with Gasteiger partial charge in [-0.05, 0) is 0 Å². The Morgan fingerprint density at radius 2 is 2.36 bits per heavy atom. The number of ether oxygens (including phenoxy) is 1. The van der Waals surface area contributed by atoms with Crippen LogP contribution < -0.4 is 0 Å². The van der Waals surface area contributed by atoms with Crippen LogP contribution in [0.2, 0.25) is 0 Å². The molecule has 0 spiro atoms. The molecule has 0 N–H and O–H groups in total. The number of carbonyl (C=O) groups excluding carboxylic acids is 1. The number of halogens is 2. The van der Waals surface area contributed by atoms with E-state index >= 15 is 0 Å². The number of rotatable bonds is 5. The minimum Gasteiger partial charge on any atom is -0.377 e. The largest absolute Gasteiger partial charge is 0.377 e. The van der Waals surface area contributed by atoms with Crippen molar-refractivity contribution in [3.63, 3.8) is 0 Å². The third-order valence-corrected chi connectivity index (χ3v) is 1.35. The van der Waals surface area contributed by atoms with Gasteiger partial charge in [-0.3, -0.25) is 4.79 Å². The predicted molar refractivity (Wildman–Crippen MR) is 39.7 cm³/mol. The molecule has 0 fully saturated rings. The van der Waals surface area contributed by atoms with E-state index in [0.29, 0.717) is 0 Å². The van der Waals surface area contributed by atoms with Gasteiger partial charge in [0.15, 0.2) is 5.82 Å². The smallest absolute Gasteiger partial charge is 0.296 e. The maximum absolute atomic E-state index is 11.8. The second kappa shape index (κ2) is 4.75. The highest BCUT2D eigenvalue weighted by Crippen LogP contribution is 2.04. The van der Waals surface area contributed by atoms with Crippen LogP contribution in [-0.4, -0.2) is 29.5 Å². The lowest BCUT2D eigenvalue weighted by Gasteiger charge is -1.92. The Morgan fingerprint density at radius 3 is 2.93 bits per heavy atom. The fourth-order valence-corrected chi connectivity index (χ4v) is 0.776. The van der Waals surface area contributed by atoms with Crippen LogP contribution in [0.4, 0.5) is 8.78 Å². The zero-order chi connectivity index (χ0) is 10.6. The van der Waals surface area contributed by atoms with Gasteiger partial charge in [-0.2, -0.15) is 4.98 Å². The van der Waals surface area contributed by atoms with Gasteiger partial charge in [-0.15, -0.1) is 0 Å². The highest BCUT2D eigenvalue weighted by molar-refractivity contribution is 5.82.